The second-order valence-corrected chi connectivity index (χ2v) is 6.97. The predicted molar refractivity (Wildman–Crippen MR) is 104 cm³/mol. The van der Waals surface area contributed by atoms with Crippen molar-refractivity contribution in [2.75, 3.05) is 31.1 Å². The Kier molecular flexibility index (Phi) is 6.01. The number of carbonyl (C=O) groups excluding carboxylic acids is 2. The van der Waals surface area contributed by atoms with Gasteiger partial charge in [0.05, 0.1) is 0 Å². The van der Waals surface area contributed by atoms with E-state index in [9.17, 15) is 9.59 Å². The quantitative estimate of drug-likeness (QED) is 0.839. The zero-order valence-corrected chi connectivity index (χ0v) is 15.5. The van der Waals surface area contributed by atoms with Gasteiger partial charge in [0.15, 0.2) is 5.13 Å². The maximum absolute atomic E-state index is 13.0. The summed E-state index contributed by atoms with van der Waals surface area (Å²) in [4.78, 5) is 32.9. The fourth-order valence-electron chi connectivity index (χ4n) is 2.91. The summed E-state index contributed by atoms with van der Waals surface area (Å²) in [5.74, 6) is -0.398. The Labute approximate surface area is 157 Å². The molecule has 0 spiro atoms. The molecule has 0 atom stereocenters. The van der Waals surface area contributed by atoms with E-state index in [1.54, 1.807) is 28.5 Å². The van der Waals surface area contributed by atoms with Gasteiger partial charge >= 0.3 is 0 Å². The highest BCUT2D eigenvalue weighted by atomic mass is 32.1. The van der Waals surface area contributed by atoms with Crippen molar-refractivity contribution in [3.05, 3.63) is 53.2 Å². The molecule has 26 heavy (non-hydrogen) atoms. The van der Waals surface area contributed by atoms with Crippen LogP contribution in [0.5, 0.6) is 0 Å². The predicted octanol–water partition coefficient (Wildman–Crippen LogP) is 2.36. The van der Waals surface area contributed by atoms with Crippen LogP contribution in [0.4, 0.5) is 5.13 Å². The van der Waals surface area contributed by atoms with Crippen LogP contribution in [-0.2, 0) is 9.59 Å². The normalized spacial score (nSPS) is 15.5. The summed E-state index contributed by atoms with van der Waals surface area (Å²) in [6.45, 7) is 4.28. The van der Waals surface area contributed by atoms with Crippen molar-refractivity contribution in [3.8, 4) is 0 Å². The first-order valence-corrected chi connectivity index (χ1v) is 9.49. The first-order chi connectivity index (χ1) is 12.6. The first kappa shape index (κ1) is 18.1. The number of aromatic nitrogens is 1. The van der Waals surface area contributed by atoms with Crippen LogP contribution in [0.1, 0.15) is 18.9 Å². The summed E-state index contributed by atoms with van der Waals surface area (Å²) in [7, 11) is 0. The Bertz CT molecular complexity index is 774. The van der Waals surface area contributed by atoms with Gasteiger partial charge in [0.2, 0.25) is 5.91 Å². The molecule has 0 aliphatic carbocycles. The third-order valence-corrected chi connectivity index (χ3v) is 4.96. The molecule has 0 saturated carbocycles. The minimum atomic E-state index is -0.250. The standard InChI is InChI=1S/C19H22N4O2S/c1-15(24)21-17(14-16-6-3-2-4-7-16)18(25)22-9-5-10-23(12-11-22)19-20-8-13-26-19/h2-4,6-8,13-14H,5,9-12H2,1H3,(H,21,24). The molecule has 136 valence electrons. The molecule has 0 bridgehead atoms. The Morgan fingerprint density at radius 1 is 1.15 bits per heavy atom. The van der Waals surface area contributed by atoms with E-state index in [1.165, 1.54) is 6.92 Å². The lowest BCUT2D eigenvalue weighted by molar-refractivity contribution is -0.129. The van der Waals surface area contributed by atoms with Crippen molar-refractivity contribution in [1.82, 2.24) is 15.2 Å². The zero-order valence-electron chi connectivity index (χ0n) is 14.7. The zero-order chi connectivity index (χ0) is 18.4. The van der Waals surface area contributed by atoms with Gasteiger partial charge in [-0.25, -0.2) is 4.98 Å². The monoisotopic (exact) mass is 370 g/mol. The van der Waals surface area contributed by atoms with Gasteiger partial charge in [-0.2, -0.15) is 0 Å². The number of amides is 2. The maximum Gasteiger partial charge on any atom is 0.270 e. The highest BCUT2D eigenvalue weighted by Crippen LogP contribution is 2.19. The molecule has 1 aliphatic heterocycles. The van der Waals surface area contributed by atoms with Crippen LogP contribution < -0.4 is 10.2 Å². The molecule has 6 nitrogen and oxygen atoms in total. The smallest absolute Gasteiger partial charge is 0.270 e. The van der Waals surface area contributed by atoms with Gasteiger partial charge in [0, 0.05) is 44.7 Å². The van der Waals surface area contributed by atoms with E-state index in [-0.39, 0.29) is 11.8 Å². The molecule has 1 fully saturated rings. The van der Waals surface area contributed by atoms with Crippen LogP contribution in [0.25, 0.3) is 6.08 Å². The first-order valence-electron chi connectivity index (χ1n) is 8.61. The number of hydrogen-bond donors (Lipinski definition) is 1. The van der Waals surface area contributed by atoms with Crippen molar-refractivity contribution in [2.45, 2.75) is 13.3 Å². The molecule has 0 unspecified atom stereocenters. The second kappa shape index (κ2) is 8.62. The topological polar surface area (TPSA) is 65.5 Å². The largest absolute Gasteiger partial charge is 0.346 e. The molecular weight excluding hydrogens is 348 g/mol. The average molecular weight is 370 g/mol. The third kappa shape index (κ3) is 4.70. The summed E-state index contributed by atoms with van der Waals surface area (Å²) in [6, 6.07) is 9.53. The van der Waals surface area contributed by atoms with Crippen LogP contribution >= 0.6 is 11.3 Å². The molecule has 1 saturated heterocycles. The van der Waals surface area contributed by atoms with Gasteiger partial charge in [-0.15, -0.1) is 11.3 Å². The van der Waals surface area contributed by atoms with Crippen LogP contribution in [0.2, 0.25) is 0 Å². The summed E-state index contributed by atoms with van der Waals surface area (Å²) >= 11 is 1.61. The SMILES string of the molecule is CC(=O)NC(=Cc1ccccc1)C(=O)N1CCCN(c2nccs2)CC1. The molecule has 7 heteroatoms. The molecule has 1 aliphatic rings. The number of nitrogens with zero attached hydrogens (tertiary/aromatic N) is 3. The fourth-order valence-corrected chi connectivity index (χ4v) is 3.61. The molecule has 1 aromatic heterocycles. The molecule has 2 aromatic rings. The van der Waals surface area contributed by atoms with E-state index in [0.717, 1.165) is 30.2 Å². The van der Waals surface area contributed by atoms with Gasteiger partial charge in [0.25, 0.3) is 5.91 Å². The van der Waals surface area contributed by atoms with E-state index in [0.29, 0.717) is 18.8 Å². The third-order valence-electron chi connectivity index (χ3n) is 4.12. The number of anilines is 1. The van der Waals surface area contributed by atoms with Crippen LogP contribution in [0.3, 0.4) is 0 Å². The lowest BCUT2D eigenvalue weighted by Crippen LogP contribution is -2.40. The number of thiazole rings is 1. The van der Waals surface area contributed by atoms with E-state index >= 15 is 0 Å². The number of hydrogen-bond acceptors (Lipinski definition) is 5. The van der Waals surface area contributed by atoms with Crippen molar-refractivity contribution >= 4 is 34.4 Å². The van der Waals surface area contributed by atoms with E-state index in [2.05, 4.69) is 15.2 Å². The molecule has 0 radical (unpaired) electrons. The Morgan fingerprint density at radius 2 is 1.96 bits per heavy atom. The van der Waals surface area contributed by atoms with E-state index in [4.69, 9.17) is 0 Å². The average Bonchev–Trinajstić information content (AvgIpc) is 3.06. The summed E-state index contributed by atoms with van der Waals surface area (Å²) in [5.41, 5.74) is 1.19. The highest BCUT2D eigenvalue weighted by Gasteiger charge is 2.23. The number of nitrogens with one attached hydrogen (secondary N) is 1. The molecule has 1 N–H and O–H groups in total. The lowest BCUT2D eigenvalue weighted by atomic mass is 10.2. The van der Waals surface area contributed by atoms with E-state index in [1.807, 2.05) is 35.7 Å². The van der Waals surface area contributed by atoms with Crippen molar-refractivity contribution in [3.63, 3.8) is 0 Å². The number of carbonyl (C=O) groups is 2. The fraction of sp³-hybridized carbons (Fsp3) is 0.316. The van der Waals surface area contributed by atoms with Gasteiger partial charge in [0.1, 0.15) is 5.70 Å². The lowest BCUT2D eigenvalue weighted by Gasteiger charge is -2.23. The molecule has 2 amide bonds. The van der Waals surface area contributed by atoms with Gasteiger partial charge < -0.3 is 15.1 Å². The van der Waals surface area contributed by atoms with Gasteiger partial charge in [-0.1, -0.05) is 30.3 Å². The van der Waals surface area contributed by atoms with Crippen molar-refractivity contribution in [1.29, 1.82) is 0 Å². The maximum atomic E-state index is 13.0. The van der Waals surface area contributed by atoms with Crippen molar-refractivity contribution in [2.24, 2.45) is 0 Å². The summed E-state index contributed by atoms with van der Waals surface area (Å²) in [6.07, 6.45) is 4.39. The molecular formula is C19H22N4O2S. The Hall–Kier alpha value is -2.67. The van der Waals surface area contributed by atoms with Crippen LogP contribution in [0.15, 0.2) is 47.6 Å². The van der Waals surface area contributed by atoms with Gasteiger partial charge in [-0.3, -0.25) is 9.59 Å². The molecule has 2 heterocycles. The summed E-state index contributed by atoms with van der Waals surface area (Å²) in [5, 5.41) is 5.64. The van der Waals surface area contributed by atoms with Crippen LogP contribution in [0, 0.1) is 0 Å². The van der Waals surface area contributed by atoms with Crippen molar-refractivity contribution < 1.29 is 9.59 Å². The number of rotatable bonds is 4. The number of benzene rings is 1. The second-order valence-electron chi connectivity index (χ2n) is 6.10. The Balaban J connectivity index is 1.74. The summed E-state index contributed by atoms with van der Waals surface area (Å²) < 4.78 is 0. The molecule has 1 aromatic carbocycles. The van der Waals surface area contributed by atoms with E-state index < -0.39 is 0 Å². The van der Waals surface area contributed by atoms with Gasteiger partial charge in [-0.05, 0) is 18.1 Å². The van der Waals surface area contributed by atoms with Crippen LogP contribution in [-0.4, -0.2) is 47.9 Å². The Morgan fingerprint density at radius 3 is 2.65 bits per heavy atom. The minimum Gasteiger partial charge on any atom is -0.346 e. The molecule has 3 rings (SSSR count). The minimum absolute atomic E-state index is 0.148. The highest BCUT2D eigenvalue weighted by molar-refractivity contribution is 7.13.